The van der Waals surface area contributed by atoms with E-state index >= 15 is 0 Å². The Kier molecular flexibility index (Phi) is 8.12. The largest absolute Gasteiger partial charge is 0.454 e. The standard InChI is InChI=1S/C23H36N2O6S/c1-15(2)25(16(3)4)21(27)14-31-22(28)20-12-18(26)13-24(20)32(29,30)19-10-8-17(9-11-19)23(5,6)7/h8-11,15-16,18,20,26H,12-14H2,1-7H3/t18?,20-/m1/s1. The lowest BCUT2D eigenvalue weighted by Gasteiger charge is -2.30. The van der Waals surface area contributed by atoms with Crippen LogP contribution in [-0.4, -0.2) is 72.0 Å². The van der Waals surface area contributed by atoms with Crippen molar-refractivity contribution in [1.82, 2.24) is 9.21 Å². The van der Waals surface area contributed by atoms with Crippen molar-refractivity contribution in [2.24, 2.45) is 0 Å². The molecule has 1 aliphatic heterocycles. The first-order valence-corrected chi connectivity index (χ1v) is 12.4. The van der Waals surface area contributed by atoms with Gasteiger partial charge in [-0.15, -0.1) is 0 Å². The van der Waals surface area contributed by atoms with Gasteiger partial charge in [0.05, 0.1) is 11.0 Å². The van der Waals surface area contributed by atoms with Crippen molar-refractivity contribution in [3.05, 3.63) is 29.8 Å². The highest BCUT2D eigenvalue weighted by molar-refractivity contribution is 7.89. The molecule has 0 bridgehead atoms. The summed E-state index contributed by atoms with van der Waals surface area (Å²) >= 11 is 0. The fraction of sp³-hybridized carbons (Fsp3) is 0.652. The third-order valence-electron chi connectivity index (χ3n) is 5.57. The maximum Gasteiger partial charge on any atom is 0.325 e. The van der Waals surface area contributed by atoms with E-state index in [1.54, 1.807) is 17.0 Å². The molecule has 1 aromatic carbocycles. The number of carbonyl (C=O) groups excluding carboxylic acids is 2. The van der Waals surface area contributed by atoms with Crippen LogP contribution in [0.1, 0.15) is 60.5 Å². The van der Waals surface area contributed by atoms with Crippen molar-refractivity contribution in [3.8, 4) is 0 Å². The highest BCUT2D eigenvalue weighted by atomic mass is 32.2. The zero-order valence-electron chi connectivity index (χ0n) is 20.0. The first kappa shape index (κ1) is 26.3. The van der Waals surface area contributed by atoms with Crippen LogP contribution in [0, 0.1) is 0 Å². The van der Waals surface area contributed by atoms with Gasteiger partial charge in [0.25, 0.3) is 5.91 Å². The average molecular weight is 469 g/mol. The number of rotatable bonds is 7. The monoisotopic (exact) mass is 468 g/mol. The van der Waals surface area contributed by atoms with Crippen molar-refractivity contribution >= 4 is 21.9 Å². The molecule has 1 fully saturated rings. The molecular formula is C23H36N2O6S. The third-order valence-corrected chi connectivity index (χ3v) is 7.46. The number of ether oxygens (including phenoxy) is 1. The predicted molar refractivity (Wildman–Crippen MR) is 122 cm³/mol. The predicted octanol–water partition coefficient (Wildman–Crippen LogP) is 2.30. The molecule has 2 rings (SSSR count). The second-order valence-electron chi connectivity index (χ2n) is 9.85. The summed E-state index contributed by atoms with van der Waals surface area (Å²) in [5, 5.41) is 10.1. The van der Waals surface area contributed by atoms with E-state index in [0.29, 0.717) is 0 Å². The van der Waals surface area contributed by atoms with Crippen LogP contribution in [-0.2, 0) is 29.8 Å². The molecule has 1 unspecified atom stereocenters. The van der Waals surface area contributed by atoms with Gasteiger partial charge in [-0.3, -0.25) is 9.59 Å². The molecular weight excluding hydrogens is 432 g/mol. The van der Waals surface area contributed by atoms with Gasteiger partial charge in [-0.1, -0.05) is 32.9 Å². The van der Waals surface area contributed by atoms with Gasteiger partial charge in [0.1, 0.15) is 6.04 Å². The molecule has 1 aromatic rings. The molecule has 9 heteroatoms. The molecule has 1 heterocycles. The Morgan fingerprint density at radius 1 is 1.12 bits per heavy atom. The summed E-state index contributed by atoms with van der Waals surface area (Å²) in [5.74, 6) is -1.19. The molecule has 32 heavy (non-hydrogen) atoms. The molecule has 8 nitrogen and oxygen atoms in total. The number of hydrogen-bond acceptors (Lipinski definition) is 6. The molecule has 1 N–H and O–H groups in total. The van der Waals surface area contributed by atoms with Crippen molar-refractivity contribution < 1.29 is 27.9 Å². The minimum absolute atomic E-state index is 0.0410. The molecule has 1 saturated heterocycles. The number of hydrogen-bond donors (Lipinski definition) is 1. The van der Waals surface area contributed by atoms with E-state index in [2.05, 4.69) is 0 Å². The Balaban J connectivity index is 2.18. The van der Waals surface area contributed by atoms with E-state index in [0.717, 1.165) is 9.87 Å². The van der Waals surface area contributed by atoms with E-state index in [-0.39, 0.29) is 41.3 Å². The van der Waals surface area contributed by atoms with Crippen LogP contribution < -0.4 is 0 Å². The fourth-order valence-electron chi connectivity index (χ4n) is 4.00. The van der Waals surface area contributed by atoms with Crippen molar-refractivity contribution in [2.75, 3.05) is 13.2 Å². The molecule has 0 aliphatic carbocycles. The molecule has 180 valence electrons. The number of β-amino-alcohol motifs (C(OH)–C–C–N with tert-alkyl or cyclic N) is 1. The van der Waals surface area contributed by atoms with Crippen LogP contribution >= 0.6 is 0 Å². The van der Waals surface area contributed by atoms with Gasteiger partial charge in [0, 0.05) is 25.0 Å². The van der Waals surface area contributed by atoms with Gasteiger partial charge in [0.15, 0.2) is 6.61 Å². The molecule has 0 spiro atoms. The Morgan fingerprint density at radius 3 is 2.12 bits per heavy atom. The third kappa shape index (κ3) is 5.88. The molecule has 1 amide bonds. The lowest BCUT2D eigenvalue weighted by molar-refractivity contribution is -0.156. The molecule has 0 radical (unpaired) electrons. The summed E-state index contributed by atoms with van der Waals surface area (Å²) in [4.78, 5) is 26.9. The number of aliphatic hydroxyl groups is 1. The Bertz CT molecular complexity index is 911. The summed E-state index contributed by atoms with van der Waals surface area (Å²) in [6, 6.07) is 5.20. The summed E-state index contributed by atoms with van der Waals surface area (Å²) in [6.45, 7) is 12.9. The van der Waals surface area contributed by atoms with Gasteiger partial charge in [-0.2, -0.15) is 4.31 Å². The number of aliphatic hydroxyl groups excluding tert-OH is 1. The molecule has 0 saturated carbocycles. The maximum atomic E-state index is 13.2. The first-order valence-electron chi connectivity index (χ1n) is 10.9. The van der Waals surface area contributed by atoms with E-state index < -0.39 is 34.7 Å². The number of sulfonamides is 1. The number of esters is 1. The SMILES string of the molecule is CC(C)N(C(=O)COC(=O)[C@H]1CC(O)CN1S(=O)(=O)c1ccc(C(C)(C)C)cc1)C(C)C. The lowest BCUT2D eigenvalue weighted by Crippen LogP contribution is -2.46. The normalized spacial score (nSPS) is 20.1. The highest BCUT2D eigenvalue weighted by Crippen LogP contribution is 2.29. The van der Waals surface area contributed by atoms with Crippen molar-refractivity contribution in [1.29, 1.82) is 0 Å². The van der Waals surface area contributed by atoms with Gasteiger partial charge in [-0.05, 0) is 50.8 Å². The van der Waals surface area contributed by atoms with Gasteiger partial charge >= 0.3 is 5.97 Å². The Hall–Kier alpha value is -1.97. The Morgan fingerprint density at radius 2 is 1.66 bits per heavy atom. The highest BCUT2D eigenvalue weighted by Gasteiger charge is 2.44. The average Bonchev–Trinajstić information content (AvgIpc) is 3.07. The second-order valence-corrected chi connectivity index (χ2v) is 11.7. The molecule has 0 aromatic heterocycles. The fourth-order valence-corrected chi connectivity index (χ4v) is 5.63. The van der Waals surface area contributed by atoms with Crippen molar-refractivity contribution in [3.63, 3.8) is 0 Å². The van der Waals surface area contributed by atoms with E-state index in [1.807, 2.05) is 48.5 Å². The number of amides is 1. The summed E-state index contributed by atoms with van der Waals surface area (Å²) in [5.41, 5.74) is 0.845. The lowest BCUT2D eigenvalue weighted by atomic mass is 9.87. The van der Waals surface area contributed by atoms with Gasteiger partial charge < -0.3 is 14.7 Å². The summed E-state index contributed by atoms with van der Waals surface area (Å²) < 4.78 is 32.6. The number of nitrogens with zero attached hydrogens (tertiary/aromatic N) is 2. The zero-order chi connectivity index (χ0) is 24.4. The Labute approximate surface area is 191 Å². The summed E-state index contributed by atoms with van der Waals surface area (Å²) in [6.07, 6.45) is -1.07. The topological polar surface area (TPSA) is 104 Å². The van der Waals surface area contributed by atoms with Crippen LogP contribution in [0.2, 0.25) is 0 Å². The molecule has 2 atom stereocenters. The van der Waals surface area contributed by atoms with Gasteiger partial charge in [-0.25, -0.2) is 8.42 Å². The van der Waals surface area contributed by atoms with E-state index in [4.69, 9.17) is 4.74 Å². The maximum absolute atomic E-state index is 13.2. The zero-order valence-corrected chi connectivity index (χ0v) is 20.8. The quantitative estimate of drug-likeness (QED) is 0.616. The van der Waals surface area contributed by atoms with Crippen LogP contribution in [0.5, 0.6) is 0 Å². The van der Waals surface area contributed by atoms with Crippen molar-refractivity contribution in [2.45, 2.75) is 89.4 Å². The van der Waals surface area contributed by atoms with Crippen LogP contribution in [0.25, 0.3) is 0 Å². The van der Waals surface area contributed by atoms with Crippen LogP contribution in [0.4, 0.5) is 0 Å². The number of benzene rings is 1. The van der Waals surface area contributed by atoms with E-state index in [1.165, 1.54) is 12.1 Å². The van der Waals surface area contributed by atoms with Gasteiger partial charge in [0.2, 0.25) is 10.0 Å². The number of carbonyl (C=O) groups is 2. The van der Waals surface area contributed by atoms with Crippen LogP contribution in [0.15, 0.2) is 29.2 Å². The first-order chi connectivity index (χ1) is 14.7. The minimum atomic E-state index is -4.03. The minimum Gasteiger partial charge on any atom is -0.454 e. The second kappa shape index (κ2) is 9.89. The van der Waals surface area contributed by atoms with E-state index in [9.17, 15) is 23.1 Å². The van der Waals surface area contributed by atoms with Crippen LogP contribution in [0.3, 0.4) is 0 Å². The smallest absolute Gasteiger partial charge is 0.325 e. The molecule has 1 aliphatic rings. The summed E-state index contributed by atoms with van der Waals surface area (Å²) in [7, 11) is -4.03.